The van der Waals surface area contributed by atoms with Crippen LogP contribution in [0.15, 0.2) is 95.5 Å². The number of nitrogens with zero attached hydrogens (tertiary/aromatic N) is 1. The molecule has 0 atom stereocenters. The normalized spacial score (nSPS) is 10.8. The Balaban J connectivity index is 1.42. The molecule has 0 aliphatic carbocycles. The molecule has 31 heavy (non-hydrogen) atoms. The van der Waals surface area contributed by atoms with Crippen LogP contribution in [-0.2, 0) is 11.2 Å². The maximum absolute atomic E-state index is 12.7. The Morgan fingerprint density at radius 3 is 2.29 bits per heavy atom. The highest BCUT2D eigenvalue weighted by Gasteiger charge is 2.17. The van der Waals surface area contributed by atoms with Crippen molar-refractivity contribution in [2.45, 2.75) is 18.9 Å². The van der Waals surface area contributed by atoms with Gasteiger partial charge >= 0.3 is 0 Å². The summed E-state index contributed by atoms with van der Waals surface area (Å²) in [7, 11) is 1.63. The Bertz CT molecular complexity index is 1080. The summed E-state index contributed by atoms with van der Waals surface area (Å²) in [5.41, 5.74) is 2.97. The maximum atomic E-state index is 12.7. The van der Waals surface area contributed by atoms with Crippen molar-refractivity contribution in [2.24, 2.45) is 0 Å². The summed E-state index contributed by atoms with van der Waals surface area (Å²) >= 11 is 0. The zero-order valence-electron chi connectivity index (χ0n) is 17.3. The third-order valence-corrected chi connectivity index (χ3v) is 5.04. The minimum atomic E-state index is -0.202. The van der Waals surface area contributed by atoms with Crippen LogP contribution in [0.25, 0.3) is 11.3 Å². The number of oxazole rings is 1. The number of aryl methyl sites for hydroxylation is 1. The summed E-state index contributed by atoms with van der Waals surface area (Å²) in [6.45, 7) is 0. The zero-order valence-corrected chi connectivity index (χ0v) is 17.3. The van der Waals surface area contributed by atoms with Crippen molar-refractivity contribution < 1.29 is 13.9 Å². The number of nitrogens with one attached hydrogen (secondary N) is 1. The van der Waals surface area contributed by atoms with Gasteiger partial charge in [0, 0.05) is 18.4 Å². The SMILES string of the molecule is COc1cccc(-c2cnc(CCC(=O)NC(c3ccccc3)c3ccccc3)o2)c1. The van der Waals surface area contributed by atoms with E-state index < -0.39 is 0 Å². The van der Waals surface area contributed by atoms with Gasteiger partial charge in [-0.25, -0.2) is 4.98 Å². The molecule has 1 amide bonds. The number of carbonyl (C=O) groups excluding carboxylic acids is 1. The molecule has 156 valence electrons. The van der Waals surface area contributed by atoms with E-state index in [2.05, 4.69) is 10.3 Å². The number of benzene rings is 3. The van der Waals surface area contributed by atoms with Gasteiger partial charge in [-0.15, -0.1) is 0 Å². The van der Waals surface area contributed by atoms with E-state index >= 15 is 0 Å². The van der Waals surface area contributed by atoms with E-state index in [1.165, 1.54) is 0 Å². The molecule has 0 fully saturated rings. The summed E-state index contributed by atoms with van der Waals surface area (Å²) in [5, 5.41) is 3.15. The quantitative estimate of drug-likeness (QED) is 0.433. The van der Waals surface area contributed by atoms with Gasteiger partial charge in [0.2, 0.25) is 5.91 Å². The number of amides is 1. The first-order valence-electron chi connectivity index (χ1n) is 10.2. The van der Waals surface area contributed by atoms with Crippen molar-refractivity contribution in [1.29, 1.82) is 0 Å². The molecule has 4 rings (SSSR count). The van der Waals surface area contributed by atoms with Gasteiger partial charge in [-0.2, -0.15) is 0 Å². The molecule has 0 spiro atoms. The predicted octanol–water partition coefficient (Wildman–Crippen LogP) is 5.19. The number of rotatable bonds is 8. The number of ether oxygens (including phenoxy) is 1. The van der Waals surface area contributed by atoms with Crippen LogP contribution >= 0.6 is 0 Å². The topological polar surface area (TPSA) is 64.4 Å². The van der Waals surface area contributed by atoms with Crippen LogP contribution in [0.4, 0.5) is 0 Å². The number of hydrogen-bond acceptors (Lipinski definition) is 4. The zero-order chi connectivity index (χ0) is 21.5. The summed E-state index contributed by atoms with van der Waals surface area (Å²) in [5.74, 6) is 1.88. The Morgan fingerprint density at radius 1 is 0.968 bits per heavy atom. The van der Waals surface area contributed by atoms with Gasteiger partial charge in [0.15, 0.2) is 11.7 Å². The van der Waals surface area contributed by atoms with Crippen molar-refractivity contribution >= 4 is 5.91 Å². The highest BCUT2D eigenvalue weighted by molar-refractivity contribution is 5.77. The van der Waals surface area contributed by atoms with E-state index in [9.17, 15) is 4.79 Å². The van der Waals surface area contributed by atoms with Crippen LogP contribution in [0.2, 0.25) is 0 Å². The predicted molar refractivity (Wildman–Crippen MR) is 120 cm³/mol. The Morgan fingerprint density at radius 2 is 1.65 bits per heavy atom. The number of aromatic nitrogens is 1. The minimum Gasteiger partial charge on any atom is -0.497 e. The van der Waals surface area contributed by atoms with E-state index in [0.717, 1.165) is 22.4 Å². The van der Waals surface area contributed by atoms with Crippen molar-refractivity contribution in [2.75, 3.05) is 7.11 Å². The molecular weight excluding hydrogens is 388 g/mol. The highest BCUT2D eigenvalue weighted by atomic mass is 16.5. The van der Waals surface area contributed by atoms with Crippen LogP contribution in [0.3, 0.4) is 0 Å². The fourth-order valence-electron chi connectivity index (χ4n) is 3.44. The van der Waals surface area contributed by atoms with Crippen LogP contribution in [-0.4, -0.2) is 18.0 Å². The molecule has 0 radical (unpaired) electrons. The lowest BCUT2D eigenvalue weighted by Crippen LogP contribution is -2.29. The maximum Gasteiger partial charge on any atom is 0.221 e. The van der Waals surface area contributed by atoms with E-state index in [1.807, 2.05) is 84.9 Å². The molecule has 5 nitrogen and oxygen atoms in total. The molecule has 0 aliphatic rings. The molecule has 1 N–H and O–H groups in total. The molecule has 5 heteroatoms. The van der Waals surface area contributed by atoms with Gasteiger partial charge in [-0.3, -0.25) is 4.79 Å². The lowest BCUT2D eigenvalue weighted by Gasteiger charge is -2.19. The van der Waals surface area contributed by atoms with Gasteiger partial charge in [0.1, 0.15) is 5.75 Å². The van der Waals surface area contributed by atoms with Crippen molar-refractivity contribution in [3.05, 3.63) is 108 Å². The molecule has 0 unspecified atom stereocenters. The third kappa shape index (κ3) is 5.20. The largest absolute Gasteiger partial charge is 0.497 e. The molecule has 4 aromatic rings. The van der Waals surface area contributed by atoms with Crippen LogP contribution in [0.5, 0.6) is 5.75 Å². The number of methoxy groups -OCH3 is 1. The third-order valence-electron chi connectivity index (χ3n) is 5.04. The van der Waals surface area contributed by atoms with Gasteiger partial charge in [-0.1, -0.05) is 72.8 Å². The molecule has 1 aromatic heterocycles. The fourth-order valence-corrected chi connectivity index (χ4v) is 3.44. The molecule has 3 aromatic carbocycles. The average molecular weight is 412 g/mol. The lowest BCUT2D eigenvalue weighted by atomic mass is 9.98. The minimum absolute atomic E-state index is 0.0566. The fraction of sp³-hybridized carbons (Fsp3) is 0.154. The lowest BCUT2D eigenvalue weighted by molar-refractivity contribution is -0.121. The Kier molecular flexibility index (Phi) is 6.43. The highest BCUT2D eigenvalue weighted by Crippen LogP contribution is 2.25. The van der Waals surface area contributed by atoms with Crippen molar-refractivity contribution in [1.82, 2.24) is 10.3 Å². The first-order chi connectivity index (χ1) is 15.2. The second-order valence-corrected chi connectivity index (χ2v) is 7.17. The van der Waals surface area contributed by atoms with Crippen molar-refractivity contribution in [3.63, 3.8) is 0 Å². The Labute approximate surface area is 181 Å². The molecule has 0 saturated carbocycles. The molecule has 0 saturated heterocycles. The van der Waals surface area contributed by atoms with Gasteiger partial charge in [-0.05, 0) is 23.3 Å². The summed E-state index contributed by atoms with van der Waals surface area (Å²) < 4.78 is 11.1. The van der Waals surface area contributed by atoms with Crippen LogP contribution < -0.4 is 10.1 Å². The number of hydrogen-bond donors (Lipinski definition) is 1. The number of carbonyl (C=O) groups is 1. The summed E-state index contributed by atoms with van der Waals surface area (Å²) in [6.07, 6.45) is 2.39. The molecule has 1 heterocycles. The van der Waals surface area contributed by atoms with Crippen LogP contribution in [0.1, 0.15) is 29.5 Å². The van der Waals surface area contributed by atoms with E-state index in [0.29, 0.717) is 18.1 Å². The van der Waals surface area contributed by atoms with Gasteiger partial charge in [0.05, 0.1) is 19.3 Å². The smallest absolute Gasteiger partial charge is 0.221 e. The Hall–Kier alpha value is -3.86. The van der Waals surface area contributed by atoms with Gasteiger partial charge < -0.3 is 14.5 Å². The summed E-state index contributed by atoms with van der Waals surface area (Å²) in [6, 6.07) is 27.3. The summed E-state index contributed by atoms with van der Waals surface area (Å²) in [4.78, 5) is 17.1. The van der Waals surface area contributed by atoms with E-state index in [-0.39, 0.29) is 18.4 Å². The first kappa shape index (κ1) is 20.4. The second-order valence-electron chi connectivity index (χ2n) is 7.17. The van der Waals surface area contributed by atoms with E-state index in [1.54, 1.807) is 13.3 Å². The van der Waals surface area contributed by atoms with E-state index in [4.69, 9.17) is 9.15 Å². The first-order valence-corrected chi connectivity index (χ1v) is 10.2. The molecule has 0 bridgehead atoms. The standard InChI is InChI=1S/C26H24N2O3/c1-30-22-14-8-13-21(17-22)23-18-27-25(31-23)16-15-24(29)28-26(19-9-4-2-5-10-19)20-11-6-3-7-12-20/h2-14,17-18,26H,15-16H2,1H3,(H,28,29). The average Bonchev–Trinajstić information content (AvgIpc) is 3.31. The van der Waals surface area contributed by atoms with Crippen molar-refractivity contribution in [3.8, 4) is 17.1 Å². The molecular formula is C26H24N2O3. The molecule has 0 aliphatic heterocycles. The van der Waals surface area contributed by atoms with Crippen LogP contribution in [0, 0.1) is 0 Å². The second kappa shape index (κ2) is 9.76. The van der Waals surface area contributed by atoms with Gasteiger partial charge in [0.25, 0.3) is 0 Å². The monoisotopic (exact) mass is 412 g/mol.